The molecule has 2 aromatic carbocycles. The average Bonchev–Trinajstić information content (AvgIpc) is 3.06. The first-order valence-electron chi connectivity index (χ1n) is 7.67. The number of aliphatic hydroxyl groups is 1. The molecule has 3 aromatic rings. The van der Waals surface area contributed by atoms with Gasteiger partial charge in [-0.1, -0.05) is 18.2 Å². The highest BCUT2D eigenvalue weighted by Crippen LogP contribution is 2.34. The average molecular weight is 324 g/mol. The van der Waals surface area contributed by atoms with Crippen molar-refractivity contribution >= 4 is 10.9 Å². The maximum Gasteiger partial charge on any atom is 0.261 e. The van der Waals surface area contributed by atoms with Crippen LogP contribution in [0.1, 0.15) is 17.5 Å². The topological polar surface area (TPSA) is 73.6 Å². The SMILES string of the molecule is Cc1nc2ccccc2c(=O)n1CC(O)c1ccc2c(c1)OCO2. The number of para-hydroxylation sites is 1. The lowest BCUT2D eigenvalue weighted by Gasteiger charge is -2.16. The molecule has 0 amide bonds. The van der Waals surface area contributed by atoms with E-state index in [2.05, 4.69) is 4.98 Å². The van der Waals surface area contributed by atoms with Gasteiger partial charge in [0.2, 0.25) is 6.79 Å². The number of benzene rings is 2. The maximum absolute atomic E-state index is 12.7. The quantitative estimate of drug-likeness (QED) is 0.799. The minimum absolute atomic E-state index is 0.127. The Morgan fingerprint density at radius 3 is 2.88 bits per heavy atom. The smallest absolute Gasteiger partial charge is 0.261 e. The maximum atomic E-state index is 12.7. The molecule has 6 nitrogen and oxygen atoms in total. The van der Waals surface area contributed by atoms with Crippen molar-refractivity contribution in [1.29, 1.82) is 0 Å². The molecule has 2 heterocycles. The van der Waals surface area contributed by atoms with E-state index in [0.717, 1.165) is 0 Å². The first-order chi connectivity index (χ1) is 11.6. The van der Waals surface area contributed by atoms with Gasteiger partial charge in [0, 0.05) is 0 Å². The number of aryl methyl sites for hydroxylation is 1. The van der Waals surface area contributed by atoms with Crippen molar-refractivity contribution in [3.63, 3.8) is 0 Å². The van der Waals surface area contributed by atoms with Crippen LogP contribution >= 0.6 is 0 Å². The van der Waals surface area contributed by atoms with Gasteiger partial charge >= 0.3 is 0 Å². The zero-order valence-electron chi connectivity index (χ0n) is 13.1. The van der Waals surface area contributed by atoms with Crippen molar-refractivity contribution in [3.8, 4) is 11.5 Å². The van der Waals surface area contributed by atoms with Crippen LogP contribution in [-0.2, 0) is 6.54 Å². The third kappa shape index (κ3) is 2.41. The number of aromatic nitrogens is 2. The van der Waals surface area contributed by atoms with E-state index < -0.39 is 6.10 Å². The fraction of sp³-hybridized carbons (Fsp3) is 0.222. The molecule has 0 spiro atoms. The Morgan fingerprint density at radius 1 is 1.21 bits per heavy atom. The first kappa shape index (κ1) is 14.7. The van der Waals surface area contributed by atoms with E-state index in [1.807, 2.05) is 12.1 Å². The van der Waals surface area contributed by atoms with Crippen molar-refractivity contribution in [2.45, 2.75) is 19.6 Å². The summed E-state index contributed by atoms with van der Waals surface area (Å²) in [6.07, 6.45) is -0.848. The Labute approximate surface area is 137 Å². The summed E-state index contributed by atoms with van der Waals surface area (Å²) in [5.41, 5.74) is 1.17. The van der Waals surface area contributed by atoms with E-state index in [1.165, 1.54) is 4.57 Å². The second-order valence-corrected chi connectivity index (χ2v) is 5.72. The van der Waals surface area contributed by atoms with Gasteiger partial charge in [-0.2, -0.15) is 0 Å². The zero-order chi connectivity index (χ0) is 16.7. The van der Waals surface area contributed by atoms with E-state index in [0.29, 0.717) is 33.8 Å². The van der Waals surface area contributed by atoms with E-state index in [4.69, 9.17) is 9.47 Å². The molecule has 0 radical (unpaired) electrons. The second-order valence-electron chi connectivity index (χ2n) is 5.72. The van der Waals surface area contributed by atoms with Gasteiger partial charge in [0.1, 0.15) is 5.82 Å². The number of nitrogens with zero attached hydrogens (tertiary/aromatic N) is 2. The largest absolute Gasteiger partial charge is 0.454 e. The Hall–Kier alpha value is -2.86. The molecule has 1 N–H and O–H groups in total. The fourth-order valence-corrected chi connectivity index (χ4v) is 2.89. The van der Waals surface area contributed by atoms with Crippen molar-refractivity contribution in [2.75, 3.05) is 6.79 Å². The number of fused-ring (bicyclic) bond motifs is 2. The lowest BCUT2D eigenvalue weighted by Crippen LogP contribution is -2.26. The van der Waals surface area contributed by atoms with E-state index in [1.54, 1.807) is 37.3 Å². The van der Waals surface area contributed by atoms with Gasteiger partial charge in [-0.3, -0.25) is 9.36 Å². The summed E-state index contributed by atoms with van der Waals surface area (Å²) >= 11 is 0. The number of hydrogen-bond acceptors (Lipinski definition) is 5. The molecule has 6 heteroatoms. The summed E-state index contributed by atoms with van der Waals surface area (Å²) < 4.78 is 12.1. The molecular formula is C18H16N2O4. The zero-order valence-corrected chi connectivity index (χ0v) is 13.1. The Kier molecular flexibility index (Phi) is 3.46. The summed E-state index contributed by atoms with van der Waals surface area (Å²) in [6.45, 7) is 2.07. The lowest BCUT2D eigenvalue weighted by atomic mass is 10.1. The van der Waals surface area contributed by atoms with Crippen LogP contribution in [0.4, 0.5) is 0 Å². The highest BCUT2D eigenvalue weighted by molar-refractivity contribution is 5.77. The van der Waals surface area contributed by atoms with Gasteiger partial charge in [0.25, 0.3) is 5.56 Å². The number of hydrogen-bond donors (Lipinski definition) is 1. The van der Waals surface area contributed by atoms with Crippen LogP contribution in [-0.4, -0.2) is 21.5 Å². The molecule has 4 rings (SSSR count). The molecule has 0 aliphatic carbocycles. The van der Waals surface area contributed by atoms with E-state index >= 15 is 0 Å². The van der Waals surface area contributed by atoms with Gasteiger partial charge in [-0.25, -0.2) is 4.98 Å². The minimum atomic E-state index is -0.848. The van der Waals surface area contributed by atoms with Gasteiger partial charge < -0.3 is 14.6 Å². The molecule has 1 aliphatic rings. The highest BCUT2D eigenvalue weighted by Gasteiger charge is 2.18. The summed E-state index contributed by atoms with van der Waals surface area (Å²) in [4.78, 5) is 17.1. The molecular weight excluding hydrogens is 308 g/mol. The molecule has 0 fully saturated rings. The van der Waals surface area contributed by atoms with Crippen LogP contribution in [0.3, 0.4) is 0 Å². The van der Waals surface area contributed by atoms with Crippen LogP contribution in [0.2, 0.25) is 0 Å². The van der Waals surface area contributed by atoms with Crippen molar-refractivity contribution < 1.29 is 14.6 Å². The predicted molar refractivity (Wildman–Crippen MR) is 88.3 cm³/mol. The first-order valence-corrected chi connectivity index (χ1v) is 7.67. The predicted octanol–water partition coefficient (Wildman–Crippen LogP) is 2.17. The molecule has 1 atom stereocenters. The standard InChI is InChI=1S/C18H16N2O4/c1-11-19-14-5-3-2-4-13(14)18(22)20(11)9-15(21)12-6-7-16-17(8-12)24-10-23-16/h2-8,15,21H,9-10H2,1H3. The lowest BCUT2D eigenvalue weighted by molar-refractivity contribution is 0.153. The van der Waals surface area contributed by atoms with Crippen molar-refractivity contribution in [3.05, 3.63) is 64.2 Å². The van der Waals surface area contributed by atoms with Crippen LogP contribution in [0.15, 0.2) is 47.3 Å². The fourth-order valence-electron chi connectivity index (χ4n) is 2.89. The van der Waals surface area contributed by atoms with Crippen LogP contribution < -0.4 is 15.0 Å². The molecule has 24 heavy (non-hydrogen) atoms. The minimum Gasteiger partial charge on any atom is -0.454 e. The third-order valence-corrected chi connectivity index (χ3v) is 4.19. The Balaban J connectivity index is 1.70. The Bertz CT molecular complexity index is 980. The van der Waals surface area contributed by atoms with Crippen LogP contribution in [0.5, 0.6) is 11.5 Å². The molecule has 1 aliphatic heterocycles. The monoisotopic (exact) mass is 324 g/mol. The van der Waals surface area contributed by atoms with Gasteiger partial charge in [0.05, 0.1) is 23.6 Å². The number of aliphatic hydroxyl groups excluding tert-OH is 1. The summed E-state index contributed by atoms with van der Waals surface area (Å²) in [7, 11) is 0. The number of ether oxygens (including phenoxy) is 2. The molecule has 0 saturated carbocycles. The molecule has 0 bridgehead atoms. The summed E-state index contributed by atoms with van der Waals surface area (Å²) in [5.74, 6) is 1.83. The summed E-state index contributed by atoms with van der Waals surface area (Å²) in [5, 5.41) is 11.1. The molecule has 0 saturated heterocycles. The normalized spacial score (nSPS) is 14.1. The van der Waals surface area contributed by atoms with E-state index in [9.17, 15) is 9.90 Å². The molecule has 1 unspecified atom stereocenters. The number of rotatable bonds is 3. The molecule has 1 aromatic heterocycles. The van der Waals surface area contributed by atoms with Crippen molar-refractivity contribution in [2.24, 2.45) is 0 Å². The highest BCUT2D eigenvalue weighted by atomic mass is 16.7. The Morgan fingerprint density at radius 2 is 2.00 bits per heavy atom. The molecule has 122 valence electrons. The summed E-state index contributed by atoms with van der Waals surface area (Å²) in [6, 6.07) is 12.5. The van der Waals surface area contributed by atoms with Crippen LogP contribution in [0.25, 0.3) is 10.9 Å². The van der Waals surface area contributed by atoms with Gasteiger partial charge in [0.15, 0.2) is 11.5 Å². The van der Waals surface area contributed by atoms with Crippen LogP contribution in [0, 0.1) is 6.92 Å². The third-order valence-electron chi connectivity index (χ3n) is 4.19. The van der Waals surface area contributed by atoms with Gasteiger partial charge in [-0.15, -0.1) is 0 Å². The second kappa shape index (κ2) is 5.65. The van der Waals surface area contributed by atoms with E-state index in [-0.39, 0.29) is 18.9 Å². The van der Waals surface area contributed by atoms with Crippen molar-refractivity contribution in [1.82, 2.24) is 9.55 Å². The van der Waals surface area contributed by atoms with Gasteiger partial charge in [-0.05, 0) is 36.8 Å².